The van der Waals surface area contributed by atoms with E-state index in [1.54, 1.807) is 0 Å². The SMILES string of the molecule is Clc1cc(Br)ccc1CN1C[C@H]2CNC[C@H]2C1. The van der Waals surface area contributed by atoms with Crippen molar-refractivity contribution in [2.75, 3.05) is 26.2 Å². The van der Waals surface area contributed by atoms with E-state index in [0.717, 1.165) is 27.9 Å². The summed E-state index contributed by atoms with van der Waals surface area (Å²) in [6, 6.07) is 6.17. The summed E-state index contributed by atoms with van der Waals surface area (Å²) >= 11 is 9.70. The lowest BCUT2D eigenvalue weighted by molar-refractivity contribution is 0.305. The van der Waals surface area contributed by atoms with E-state index >= 15 is 0 Å². The fourth-order valence-electron chi connectivity index (χ4n) is 2.97. The summed E-state index contributed by atoms with van der Waals surface area (Å²) in [7, 11) is 0. The summed E-state index contributed by atoms with van der Waals surface area (Å²) in [5, 5.41) is 4.34. The second kappa shape index (κ2) is 4.88. The average molecular weight is 316 g/mol. The van der Waals surface area contributed by atoms with Gasteiger partial charge in [0.2, 0.25) is 0 Å². The minimum atomic E-state index is 0.851. The molecular weight excluding hydrogens is 300 g/mol. The maximum atomic E-state index is 6.26. The Morgan fingerprint density at radius 1 is 1.29 bits per heavy atom. The summed E-state index contributed by atoms with van der Waals surface area (Å²) in [5.74, 6) is 1.70. The quantitative estimate of drug-likeness (QED) is 0.903. The molecule has 3 rings (SSSR count). The third-order valence-electron chi connectivity index (χ3n) is 3.87. The van der Waals surface area contributed by atoms with Crippen molar-refractivity contribution in [3.05, 3.63) is 33.3 Å². The Kier molecular flexibility index (Phi) is 3.44. The van der Waals surface area contributed by atoms with Gasteiger partial charge < -0.3 is 5.32 Å². The predicted molar refractivity (Wildman–Crippen MR) is 74.3 cm³/mol. The van der Waals surface area contributed by atoms with Gasteiger partial charge in [0.15, 0.2) is 0 Å². The Balaban J connectivity index is 1.67. The molecule has 0 unspecified atom stereocenters. The van der Waals surface area contributed by atoms with Crippen molar-refractivity contribution in [3.63, 3.8) is 0 Å². The highest BCUT2D eigenvalue weighted by Crippen LogP contribution is 2.29. The molecule has 2 heterocycles. The average Bonchev–Trinajstić information content (AvgIpc) is 2.82. The molecule has 0 spiro atoms. The topological polar surface area (TPSA) is 15.3 Å². The molecule has 0 amide bonds. The number of halogens is 2. The van der Waals surface area contributed by atoms with Gasteiger partial charge in [-0.05, 0) is 42.6 Å². The molecule has 17 heavy (non-hydrogen) atoms. The summed E-state index contributed by atoms with van der Waals surface area (Å²) < 4.78 is 1.05. The first kappa shape index (κ1) is 12.0. The number of nitrogens with zero attached hydrogens (tertiary/aromatic N) is 1. The molecule has 92 valence electrons. The number of rotatable bonds is 2. The van der Waals surface area contributed by atoms with E-state index in [2.05, 4.69) is 38.3 Å². The van der Waals surface area contributed by atoms with Crippen LogP contribution in [-0.2, 0) is 6.54 Å². The van der Waals surface area contributed by atoms with Crippen LogP contribution in [0.3, 0.4) is 0 Å². The Labute approximate surface area is 115 Å². The van der Waals surface area contributed by atoms with E-state index < -0.39 is 0 Å². The normalized spacial score (nSPS) is 28.6. The highest BCUT2D eigenvalue weighted by molar-refractivity contribution is 9.10. The van der Waals surface area contributed by atoms with Gasteiger partial charge in [0, 0.05) is 29.1 Å². The van der Waals surface area contributed by atoms with Gasteiger partial charge >= 0.3 is 0 Å². The molecule has 0 aromatic heterocycles. The van der Waals surface area contributed by atoms with Crippen molar-refractivity contribution >= 4 is 27.5 Å². The molecule has 2 aliphatic rings. The molecule has 1 N–H and O–H groups in total. The predicted octanol–water partition coefficient (Wildman–Crippen LogP) is 2.75. The monoisotopic (exact) mass is 314 g/mol. The van der Waals surface area contributed by atoms with Crippen LogP contribution in [-0.4, -0.2) is 31.1 Å². The fourth-order valence-corrected chi connectivity index (χ4v) is 3.71. The fraction of sp³-hybridized carbons (Fsp3) is 0.538. The lowest BCUT2D eigenvalue weighted by Gasteiger charge is -2.17. The molecule has 2 fully saturated rings. The lowest BCUT2D eigenvalue weighted by Crippen LogP contribution is -2.25. The second-order valence-corrected chi connectivity index (χ2v) is 6.43. The van der Waals surface area contributed by atoms with Crippen LogP contribution in [0, 0.1) is 11.8 Å². The van der Waals surface area contributed by atoms with Gasteiger partial charge in [-0.2, -0.15) is 0 Å². The number of hydrogen-bond donors (Lipinski definition) is 1. The first-order chi connectivity index (χ1) is 8.22. The Bertz CT molecular complexity index is 412. The van der Waals surface area contributed by atoms with Crippen LogP contribution in [0.1, 0.15) is 5.56 Å². The zero-order valence-electron chi connectivity index (χ0n) is 9.63. The lowest BCUT2D eigenvalue weighted by atomic mass is 10.0. The molecule has 0 saturated carbocycles. The van der Waals surface area contributed by atoms with Gasteiger partial charge in [0.25, 0.3) is 0 Å². The molecule has 0 radical (unpaired) electrons. The van der Waals surface area contributed by atoms with Crippen LogP contribution in [0.25, 0.3) is 0 Å². The van der Waals surface area contributed by atoms with E-state index in [-0.39, 0.29) is 0 Å². The Morgan fingerprint density at radius 3 is 2.65 bits per heavy atom. The molecule has 0 bridgehead atoms. The zero-order valence-corrected chi connectivity index (χ0v) is 12.0. The summed E-state index contributed by atoms with van der Waals surface area (Å²) in [4.78, 5) is 2.53. The Hall–Kier alpha value is -0.0900. The molecule has 2 atom stereocenters. The first-order valence-corrected chi connectivity index (χ1v) is 7.26. The van der Waals surface area contributed by atoms with Crippen LogP contribution in [0.5, 0.6) is 0 Å². The first-order valence-electron chi connectivity index (χ1n) is 6.09. The van der Waals surface area contributed by atoms with Gasteiger partial charge in [-0.25, -0.2) is 0 Å². The van der Waals surface area contributed by atoms with Crippen molar-refractivity contribution in [3.8, 4) is 0 Å². The van der Waals surface area contributed by atoms with Crippen molar-refractivity contribution < 1.29 is 0 Å². The molecule has 2 saturated heterocycles. The smallest absolute Gasteiger partial charge is 0.0462 e. The maximum Gasteiger partial charge on any atom is 0.0462 e. The molecule has 4 heteroatoms. The molecule has 2 nitrogen and oxygen atoms in total. The van der Waals surface area contributed by atoms with Crippen LogP contribution in [0.4, 0.5) is 0 Å². The molecule has 2 aliphatic heterocycles. The maximum absolute atomic E-state index is 6.26. The molecule has 0 aliphatic carbocycles. The molecule has 1 aromatic carbocycles. The van der Waals surface area contributed by atoms with Crippen molar-refractivity contribution in [1.82, 2.24) is 10.2 Å². The third-order valence-corrected chi connectivity index (χ3v) is 4.72. The number of nitrogens with one attached hydrogen (secondary N) is 1. The third kappa shape index (κ3) is 2.53. The van der Waals surface area contributed by atoms with E-state index in [4.69, 9.17) is 11.6 Å². The summed E-state index contributed by atoms with van der Waals surface area (Å²) in [6.07, 6.45) is 0. The van der Waals surface area contributed by atoms with Crippen LogP contribution >= 0.6 is 27.5 Å². The van der Waals surface area contributed by atoms with E-state index in [1.807, 2.05) is 6.07 Å². The van der Waals surface area contributed by atoms with Crippen molar-refractivity contribution in [2.24, 2.45) is 11.8 Å². The second-order valence-electron chi connectivity index (χ2n) is 5.11. The van der Waals surface area contributed by atoms with Crippen molar-refractivity contribution in [2.45, 2.75) is 6.54 Å². The van der Waals surface area contributed by atoms with Crippen molar-refractivity contribution in [1.29, 1.82) is 0 Å². The highest BCUT2D eigenvalue weighted by atomic mass is 79.9. The zero-order chi connectivity index (χ0) is 11.8. The van der Waals surface area contributed by atoms with Gasteiger partial charge in [-0.15, -0.1) is 0 Å². The molecular formula is C13H16BrClN2. The minimum Gasteiger partial charge on any atom is -0.316 e. The van der Waals surface area contributed by atoms with Gasteiger partial charge in [0.1, 0.15) is 0 Å². The molecule has 1 aromatic rings. The van der Waals surface area contributed by atoms with Crippen LogP contribution in [0.15, 0.2) is 22.7 Å². The van der Waals surface area contributed by atoms with Crippen LogP contribution in [0.2, 0.25) is 5.02 Å². The number of hydrogen-bond acceptors (Lipinski definition) is 2. The largest absolute Gasteiger partial charge is 0.316 e. The van der Waals surface area contributed by atoms with Gasteiger partial charge in [-0.1, -0.05) is 33.6 Å². The highest BCUT2D eigenvalue weighted by Gasteiger charge is 2.35. The standard InChI is InChI=1S/C13H16BrClN2/c14-12-2-1-9(13(15)3-12)6-17-7-10-4-16-5-11(10)8-17/h1-3,10-11,16H,4-8H2/t10-,11+. The Morgan fingerprint density at radius 2 is 2.00 bits per heavy atom. The minimum absolute atomic E-state index is 0.851. The van der Waals surface area contributed by atoms with E-state index in [0.29, 0.717) is 0 Å². The van der Waals surface area contributed by atoms with Crippen LogP contribution < -0.4 is 5.32 Å². The summed E-state index contributed by atoms with van der Waals surface area (Å²) in [6.45, 7) is 5.79. The number of fused-ring (bicyclic) bond motifs is 1. The number of benzene rings is 1. The van der Waals surface area contributed by atoms with Gasteiger partial charge in [0.05, 0.1) is 0 Å². The van der Waals surface area contributed by atoms with E-state index in [1.165, 1.54) is 31.7 Å². The summed E-state index contributed by atoms with van der Waals surface area (Å²) in [5.41, 5.74) is 1.24. The van der Waals surface area contributed by atoms with E-state index in [9.17, 15) is 0 Å². The number of likely N-dealkylation sites (tertiary alicyclic amines) is 1. The van der Waals surface area contributed by atoms with Gasteiger partial charge in [-0.3, -0.25) is 4.90 Å².